The minimum absolute atomic E-state index is 0.0176. The van der Waals surface area contributed by atoms with Gasteiger partial charge in [0.2, 0.25) is 5.91 Å². The lowest BCUT2D eigenvalue weighted by Crippen LogP contribution is -2.62. The molecule has 0 bridgehead atoms. The smallest absolute Gasteiger partial charge is 0.236 e. The average molecular weight is 368 g/mol. The lowest BCUT2D eigenvalue weighted by atomic mass is 9.69. The van der Waals surface area contributed by atoms with Crippen LogP contribution in [0.15, 0.2) is 22.9 Å². The maximum atomic E-state index is 12.5. The second kappa shape index (κ2) is 7.09. The first-order valence-corrected chi connectivity index (χ1v) is 9.12. The van der Waals surface area contributed by atoms with E-state index < -0.39 is 0 Å². The summed E-state index contributed by atoms with van der Waals surface area (Å²) >= 11 is 5.92. The van der Waals surface area contributed by atoms with E-state index in [1.54, 1.807) is 19.0 Å². The zero-order chi connectivity index (χ0) is 18.2. The highest BCUT2D eigenvalue weighted by Crippen LogP contribution is 2.64. The number of nitrogens with zero attached hydrogens (tertiary/aromatic N) is 1. The van der Waals surface area contributed by atoms with Crippen molar-refractivity contribution in [3.8, 4) is 0 Å². The van der Waals surface area contributed by atoms with Crippen molar-refractivity contribution < 1.29 is 14.3 Å². The minimum atomic E-state index is -0.183. The van der Waals surface area contributed by atoms with Crippen LogP contribution in [0.5, 0.6) is 0 Å². The van der Waals surface area contributed by atoms with Gasteiger partial charge in [-0.1, -0.05) is 11.6 Å². The van der Waals surface area contributed by atoms with E-state index in [0.717, 1.165) is 36.5 Å². The zero-order valence-electron chi connectivity index (χ0n) is 14.8. The number of carbonyl (C=O) groups excluding carboxylic acids is 2. The van der Waals surface area contributed by atoms with E-state index in [1.165, 1.54) is 0 Å². The Morgan fingerprint density at radius 1 is 1.40 bits per heavy atom. The van der Waals surface area contributed by atoms with Crippen molar-refractivity contribution in [1.29, 1.82) is 0 Å². The molecule has 0 aromatic carbocycles. The van der Waals surface area contributed by atoms with Gasteiger partial charge in [0.1, 0.15) is 6.61 Å². The summed E-state index contributed by atoms with van der Waals surface area (Å²) in [7, 11) is 3.46. The Kier molecular flexibility index (Phi) is 5.23. The summed E-state index contributed by atoms with van der Waals surface area (Å²) in [6.07, 6.45) is 6.72. The number of nitrogens with one attached hydrogen (secondary N) is 1. The number of hydrogen-bond acceptors (Lipinski definition) is 5. The Balaban J connectivity index is 1.49. The van der Waals surface area contributed by atoms with Crippen molar-refractivity contribution >= 4 is 23.3 Å². The van der Waals surface area contributed by atoms with Crippen molar-refractivity contribution in [3.63, 3.8) is 0 Å². The first kappa shape index (κ1) is 18.4. The number of halogens is 1. The quantitative estimate of drug-likeness (QED) is 0.705. The van der Waals surface area contributed by atoms with Crippen LogP contribution < -0.4 is 11.1 Å². The van der Waals surface area contributed by atoms with Gasteiger partial charge in [-0.25, -0.2) is 0 Å². The molecular weight excluding hydrogens is 342 g/mol. The Labute approximate surface area is 153 Å². The highest BCUT2D eigenvalue weighted by molar-refractivity contribution is 6.29. The number of ether oxygens (including phenoxy) is 1. The number of Topliss-reactive ketones (excluding diaryl/α,β-unsaturated/α-hetero) is 1. The second-order valence-corrected chi connectivity index (χ2v) is 7.92. The third-order valence-corrected chi connectivity index (χ3v) is 6.04. The van der Waals surface area contributed by atoms with Gasteiger partial charge in [-0.15, -0.1) is 0 Å². The monoisotopic (exact) mass is 367 g/mol. The molecule has 25 heavy (non-hydrogen) atoms. The van der Waals surface area contributed by atoms with Crippen LogP contribution in [0.3, 0.4) is 0 Å². The molecule has 7 heteroatoms. The molecule has 0 heterocycles. The maximum absolute atomic E-state index is 12.5. The van der Waals surface area contributed by atoms with Crippen molar-refractivity contribution in [3.05, 3.63) is 22.9 Å². The number of nitrogens with two attached hydrogens (primary N) is 1. The topological polar surface area (TPSA) is 84.7 Å². The van der Waals surface area contributed by atoms with Gasteiger partial charge < -0.3 is 20.7 Å². The number of carbonyl (C=O) groups is 2. The normalized spacial score (nSPS) is 33.2. The molecule has 2 saturated carbocycles. The van der Waals surface area contributed by atoms with E-state index in [0.29, 0.717) is 0 Å². The standard InChI is InChI=1S/C18H26ClN3O3/c1-22(2)17(24)9-21-16-7-15(20)18(16)8-13(18)14(23)10-25-12-5-3-11(19)4-6-12/h3,5,13,15-16,21H,4,6-10,20H2,1-2H3. The number of rotatable bonds is 7. The predicted octanol–water partition coefficient (Wildman–Crippen LogP) is 1.16. The molecule has 1 spiro atoms. The summed E-state index contributed by atoms with van der Waals surface area (Å²) < 4.78 is 5.64. The summed E-state index contributed by atoms with van der Waals surface area (Å²) in [5.41, 5.74) is 6.01. The van der Waals surface area contributed by atoms with E-state index in [4.69, 9.17) is 22.1 Å². The molecule has 6 nitrogen and oxygen atoms in total. The fourth-order valence-electron chi connectivity index (χ4n) is 3.91. The third-order valence-electron chi connectivity index (χ3n) is 5.72. The number of amides is 1. The Morgan fingerprint density at radius 2 is 2.16 bits per heavy atom. The highest BCUT2D eigenvalue weighted by atomic mass is 35.5. The van der Waals surface area contributed by atoms with E-state index in [2.05, 4.69) is 5.32 Å². The molecular formula is C18H26ClN3O3. The Morgan fingerprint density at radius 3 is 2.76 bits per heavy atom. The Hall–Kier alpha value is -1.37. The summed E-state index contributed by atoms with van der Waals surface area (Å²) in [4.78, 5) is 25.8. The van der Waals surface area contributed by atoms with Gasteiger partial charge in [-0.05, 0) is 31.4 Å². The molecule has 4 atom stereocenters. The van der Waals surface area contributed by atoms with Gasteiger partial charge in [0.05, 0.1) is 12.3 Å². The molecule has 138 valence electrons. The van der Waals surface area contributed by atoms with Gasteiger partial charge in [-0.2, -0.15) is 0 Å². The van der Waals surface area contributed by atoms with Crippen LogP contribution in [0.25, 0.3) is 0 Å². The van der Waals surface area contributed by atoms with Gasteiger partial charge in [0.25, 0.3) is 0 Å². The SMILES string of the molecule is CN(C)C(=O)CNC1CC(N)C12CC2C(=O)COC1=CC=C(Cl)CC1. The van der Waals surface area contributed by atoms with Crippen LogP contribution >= 0.6 is 11.6 Å². The first-order valence-electron chi connectivity index (χ1n) is 8.74. The predicted molar refractivity (Wildman–Crippen MR) is 95.8 cm³/mol. The van der Waals surface area contributed by atoms with E-state index in [1.807, 2.05) is 12.2 Å². The van der Waals surface area contributed by atoms with Gasteiger partial charge in [0.15, 0.2) is 5.78 Å². The van der Waals surface area contributed by atoms with Gasteiger partial charge >= 0.3 is 0 Å². The molecule has 3 N–H and O–H groups in total. The fourth-order valence-corrected chi connectivity index (χ4v) is 4.07. The lowest BCUT2D eigenvalue weighted by molar-refractivity contribution is -0.128. The van der Waals surface area contributed by atoms with E-state index >= 15 is 0 Å². The average Bonchev–Trinajstić information content (AvgIpc) is 3.36. The molecule has 3 aliphatic rings. The van der Waals surface area contributed by atoms with Crippen LogP contribution in [0, 0.1) is 11.3 Å². The molecule has 0 aliphatic heterocycles. The zero-order valence-corrected chi connectivity index (χ0v) is 15.5. The lowest BCUT2D eigenvalue weighted by Gasteiger charge is -2.45. The second-order valence-electron chi connectivity index (χ2n) is 7.43. The molecule has 3 aliphatic carbocycles. The third kappa shape index (κ3) is 3.61. The minimum Gasteiger partial charge on any atom is -0.490 e. The molecule has 0 aromatic heterocycles. The number of ketones is 1. The molecule has 4 unspecified atom stereocenters. The number of likely N-dealkylation sites (N-methyl/N-ethyl adjacent to an activating group) is 1. The summed E-state index contributed by atoms with van der Waals surface area (Å²) in [6, 6.07) is 0.153. The van der Waals surface area contributed by atoms with Crippen molar-refractivity contribution in [2.45, 2.75) is 37.8 Å². The van der Waals surface area contributed by atoms with Crippen molar-refractivity contribution in [1.82, 2.24) is 10.2 Å². The summed E-state index contributed by atoms with van der Waals surface area (Å²) in [5.74, 6) is 0.865. The molecule has 1 amide bonds. The molecule has 0 radical (unpaired) electrons. The highest BCUT2D eigenvalue weighted by Gasteiger charge is 2.70. The van der Waals surface area contributed by atoms with Crippen LogP contribution in [-0.2, 0) is 14.3 Å². The van der Waals surface area contributed by atoms with Gasteiger partial charge in [-0.3, -0.25) is 9.59 Å². The summed E-state index contributed by atoms with van der Waals surface area (Å²) in [6.45, 7) is 0.364. The van der Waals surface area contributed by atoms with E-state index in [9.17, 15) is 9.59 Å². The first-order chi connectivity index (χ1) is 11.8. The number of hydrogen-bond donors (Lipinski definition) is 2. The van der Waals surface area contributed by atoms with Crippen LogP contribution in [0.1, 0.15) is 25.7 Å². The Bertz CT molecular complexity index is 631. The maximum Gasteiger partial charge on any atom is 0.236 e. The van der Waals surface area contributed by atoms with Crippen LogP contribution in [0.2, 0.25) is 0 Å². The van der Waals surface area contributed by atoms with Crippen molar-refractivity contribution in [2.24, 2.45) is 17.1 Å². The van der Waals surface area contributed by atoms with E-state index in [-0.39, 0.29) is 48.3 Å². The molecule has 2 fully saturated rings. The van der Waals surface area contributed by atoms with Crippen molar-refractivity contribution in [2.75, 3.05) is 27.2 Å². The largest absolute Gasteiger partial charge is 0.490 e. The van der Waals surface area contributed by atoms with Gasteiger partial charge in [0, 0.05) is 49.0 Å². The molecule has 0 saturated heterocycles. The molecule has 0 aromatic rings. The van der Waals surface area contributed by atoms with Crippen LogP contribution in [0.4, 0.5) is 0 Å². The summed E-state index contributed by atoms with van der Waals surface area (Å²) in [5, 5.41) is 4.09. The van der Waals surface area contributed by atoms with Crippen LogP contribution in [-0.4, -0.2) is 55.9 Å². The molecule has 3 rings (SSSR count). The fraction of sp³-hybridized carbons (Fsp3) is 0.667. The number of allylic oxidation sites excluding steroid dienone is 4.